The first-order chi connectivity index (χ1) is 11.2. The van der Waals surface area contributed by atoms with Gasteiger partial charge >= 0.3 is 0 Å². The number of anilines is 2. The fourth-order valence-corrected chi connectivity index (χ4v) is 2.08. The van der Waals surface area contributed by atoms with E-state index < -0.39 is 5.91 Å². The standard InChI is InChI=1S/C18H17N3O2/c19-13-12-18(23)21-16-9-5-4-8-15(16)20-17(22)11-10-14-6-2-1-3-7-14/h1-9H,10-12H2,(H,20,22)(H,21,23). The van der Waals surface area contributed by atoms with E-state index in [1.54, 1.807) is 30.3 Å². The van der Waals surface area contributed by atoms with Crippen LogP contribution in [0.4, 0.5) is 11.4 Å². The van der Waals surface area contributed by atoms with E-state index in [-0.39, 0.29) is 12.3 Å². The van der Waals surface area contributed by atoms with Gasteiger partial charge in [0.05, 0.1) is 17.4 Å². The fraction of sp³-hybridized carbons (Fsp3) is 0.167. The lowest BCUT2D eigenvalue weighted by Crippen LogP contribution is -2.16. The summed E-state index contributed by atoms with van der Waals surface area (Å²) in [7, 11) is 0. The van der Waals surface area contributed by atoms with Crippen LogP contribution in [0.2, 0.25) is 0 Å². The molecule has 2 aromatic rings. The number of carbonyl (C=O) groups is 2. The van der Waals surface area contributed by atoms with E-state index in [1.165, 1.54) is 0 Å². The molecule has 116 valence electrons. The zero-order valence-electron chi connectivity index (χ0n) is 12.6. The van der Waals surface area contributed by atoms with Crippen LogP contribution in [-0.4, -0.2) is 11.8 Å². The summed E-state index contributed by atoms with van der Waals surface area (Å²) in [5, 5.41) is 13.9. The van der Waals surface area contributed by atoms with Gasteiger partial charge in [0.2, 0.25) is 11.8 Å². The summed E-state index contributed by atoms with van der Waals surface area (Å²) in [4.78, 5) is 23.6. The number of hydrogen-bond acceptors (Lipinski definition) is 3. The van der Waals surface area contributed by atoms with Crippen LogP contribution in [0.3, 0.4) is 0 Å². The van der Waals surface area contributed by atoms with Crippen molar-refractivity contribution in [3.05, 3.63) is 60.2 Å². The maximum Gasteiger partial charge on any atom is 0.238 e. The van der Waals surface area contributed by atoms with E-state index in [0.717, 1.165) is 5.56 Å². The Balaban J connectivity index is 1.95. The van der Waals surface area contributed by atoms with E-state index >= 15 is 0 Å². The van der Waals surface area contributed by atoms with Crippen LogP contribution in [0.15, 0.2) is 54.6 Å². The van der Waals surface area contributed by atoms with E-state index in [9.17, 15) is 9.59 Å². The lowest BCUT2D eigenvalue weighted by molar-refractivity contribution is -0.116. The van der Waals surface area contributed by atoms with Crippen molar-refractivity contribution in [2.45, 2.75) is 19.3 Å². The van der Waals surface area contributed by atoms with Crippen LogP contribution in [0.1, 0.15) is 18.4 Å². The summed E-state index contributed by atoms with van der Waals surface area (Å²) in [6, 6.07) is 18.5. The minimum Gasteiger partial charge on any atom is -0.324 e. The van der Waals surface area contributed by atoms with Gasteiger partial charge in [-0.2, -0.15) is 5.26 Å². The molecule has 0 aliphatic rings. The van der Waals surface area contributed by atoms with Crippen molar-refractivity contribution < 1.29 is 9.59 Å². The minimum atomic E-state index is -0.404. The molecule has 2 aromatic carbocycles. The average Bonchev–Trinajstić information content (AvgIpc) is 2.56. The Labute approximate surface area is 134 Å². The number of para-hydroxylation sites is 2. The third kappa shape index (κ3) is 5.29. The zero-order chi connectivity index (χ0) is 16.5. The zero-order valence-corrected chi connectivity index (χ0v) is 12.6. The number of nitriles is 1. The van der Waals surface area contributed by atoms with Crippen molar-refractivity contribution in [1.29, 1.82) is 5.26 Å². The van der Waals surface area contributed by atoms with Crippen LogP contribution in [0, 0.1) is 11.3 Å². The van der Waals surface area contributed by atoms with Crippen molar-refractivity contribution in [3.8, 4) is 6.07 Å². The Kier molecular flexibility index (Phi) is 5.89. The molecule has 0 spiro atoms. The highest BCUT2D eigenvalue weighted by Gasteiger charge is 2.09. The molecule has 5 nitrogen and oxygen atoms in total. The van der Waals surface area contributed by atoms with Crippen molar-refractivity contribution in [2.24, 2.45) is 0 Å². The molecule has 0 bridgehead atoms. The van der Waals surface area contributed by atoms with Gasteiger partial charge in [0.25, 0.3) is 0 Å². The average molecular weight is 307 g/mol. The van der Waals surface area contributed by atoms with Crippen LogP contribution >= 0.6 is 0 Å². The molecule has 0 aliphatic carbocycles. The Bertz CT molecular complexity index is 721. The Morgan fingerprint density at radius 2 is 1.43 bits per heavy atom. The minimum absolute atomic E-state index is 0.129. The predicted molar refractivity (Wildman–Crippen MR) is 88.7 cm³/mol. The van der Waals surface area contributed by atoms with Gasteiger partial charge in [-0.3, -0.25) is 9.59 Å². The number of carbonyl (C=O) groups excluding carboxylic acids is 2. The number of aryl methyl sites for hydroxylation is 1. The largest absolute Gasteiger partial charge is 0.324 e. The molecule has 0 saturated heterocycles. The number of hydrogen-bond donors (Lipinski definition) is 2. The maximum absolute atomic E-state index is 12.1. The monoisotopic (exact) mass is 307 g/mol. The number of nitrogens with one attached hydrogen (secondary N) is 2. The second-order valence-corrected chi connectivity index (χ2v) is 4.96. The summed E-state index contributed by atoms with van der Waals surface area (Å²) >= 11 is 0. The fourth-order valence-electron chi connectivity index (χ4n) is 2.08. The molecule has 0 atom stereocenters. The van der Waals surface area contributed by atoms with E-state index in [0.29, 0.717) is 24.2 Å². The number of nitrogens with zero attached hydrogens (tertiary/aromatic N) is 1. The summed E-state index contributed by atoms with van der Waals surface area (Å²) < 4.78 is 0. The number of rotatable bonds is 6. The van der Waals surface area contributed by atoms with Gasteiger partial charge in [0, 0.05) is 6.42 Å². The van der Waals surface area contributed by atoms with Crippen molar-refractivity contribution in [1.82, 2.24) is 0 Å². The molecule has 0 fully saturated rings. The molecule has 23 heavy (non-hydrogen) atoms. The van der Waals surface area contributed by atoms with Crippen molar-refractivity contribution in [3.63, 3.8) is 0 Å². The number of amides is 2. The van der Waals surface area contributed by atoms with Crippen LogP contribution in [-0.2, 0) is 16.0 Å². The van der Waals surface area contributed by atoms with Crippen LogP contribution in [0.25, 0.3) is 0 Å². The molecule has 0 unspecified atom stereocenters. The lowest BCUT2D eigenvalue weighted by atomic mass is 10.1. The van der Waals surface area contributed by atoms with Gasteiger partial charge < -0.3 is 10.6 Å². The summed E-state index contributed by atoms with van der Waals surface area (Å²) in [5.41, 5.74) is 2.11. The summed E-state index contributed by atoms with van der Waals surface area (Å²) in [5.74, 6) is -0.533. The normalized spacial score (nSPS) is 9.70. The molecule has 0 aliphatic heterocycles. The molecule has 2 rings (SSSR count). The predicted octanol–water partition coefficient (Wildman–Crippen LogP) is 3.11. The van der Waals surface area contributed by atoms with Gasteiger partial charge in [-0.05, 0) is 24.1 Å². The van der Waals surface area contributed by atoms with Gasteiger partial charge in [0.15, 0.2) is 0 Å². The first-order valence-corrected chi connectivity index (χ1v) is 7.28. The highest BCUT2D eigenvalue weighted by atomic mass is 16.2. The lowest BCUT2D eigenvalue weighted by Gasteiger charge is -2.11. The molecule has 0 heterocycles. The SMILES string of the molecule is N#CCC(=O)Nc1ccccc1NC(=O)CCc1ccccc1. The molecule has 0 aromatic heterocycles. The van der Waals surface area contributed by atoms with E-state index in [4.69, 9.17) is 5.26 Å². The molecular weight excluding hydrogens is 290 g/mol. The van der Waals surface area contributed by atoms with Gasteiger partial charge in [-0.1, -0.05) is 42.5 Å². The topological polar surface area (TPSA) is 82.0 Å². The highest BCUT2D eigenvalue weighted by molar-refractivity contribution is 6.00. The quantitative estimate of drug-likeness (QED) is 0.860. The van der Waals surface area contributed by atoms with E-state index in [2.05, 4.69) is 10.6 Å². The van der Waals surface area contributed by atoms with Gasteiger partial charge in [-0.25, -0.2) is 0 Å². The first-order valence-electron chi connectivity index (χ1n) is 7.28. The van der Waals surface area contributed by atoms with Gasteiger partial charge in [-0.15, -0.1) is 0 Å². The van der Waals surface area contributed by atoms with Crippen LogP contribution < -0.4 is 10.6 Å². The highest BCUT2D eigenvalue weighted by Crippen LogP contribution is 2.21. The second-order valence-electron chi connectivity index (χ2n) is 4.96. The molecule has 0 saturated carbocycles. The Morgan fingerprint density at radius 1 is 0.870 bits per heavy atom. The first kappa shape index (κ1) is 16.2. The molecule has 2 amide bonds. The molecule has 2 N–H and O–H groups in total. The Morgan fingerprint density at radius 3 is 2.04 bits per heavy atom. The smallest absolute Gasteiger partial charge is 0.238 e. The third-order valence-corrected chi connectivity index (χ3v) is 3.20. The maximum atomic E-state index is 12.1. The van der Waals surface area contributed by atoms with Gasteiger partial charge in [0.1, 0.15) is 6.42 Å². The molecule has 5 heteroatoms. The molecular formula is C18H17N3O2. The molecule has 0 radical (unpaired) electrons. The Hall–Kier alpha value is -3.13. The van der Waals surface area contributed by atoms with Crippen LogP contribution in [0.5, 0.6) is 0 Å². The summed E-state index contributed by atoms with van der Waals surface area (Å²) in [6.07, 6.45) is 0.774. The van der Waals surface area contributed by atoms with Crippen molar-refractivity contribution in [2.75, 3.05) is 10.6 Å². The third-order valence-electron chi connectivity index (χ3n) is 3.20. The second kappa shape index (κ2) is 8.35. The van der Waals surface area contributed by atoms with E-state index in [1.807, 2.05) is 30.3 Å². The van der Waals surface area contributed by atoms with Crippen molar-refractivity contribution >= 4 is 23.2 Å². The summed E-state index contributed by atoms with van der Waals surface area (Å²) in [6.45, 7) is 0. The number of benzene rings is 2.